The first-order valence-electron chi connectivity index (χ1n) is 11.9. The summed E-state index contributed by atoms with van der Waals surface area (Å²) >= 11 is 3.34. The highest BCUT2D eigenvalue weighted by Crippen LogP contribution is 2.33. The van der Waals surface area contributed by atoms with Crippen molar-refractivity contribution in [3.05, 3.63) is 94.5 Å². The number of anilines is 1. The van der Waals surface area contributed by atoms with Crippen molar-refractivity contribution in [3.8, 4) is 0 Å². The molecule has 0 fully saturated rings. The summed E-state index contributed by atoms with van der Waals surface area (Å²) in [7, 11) is -4.47. The Morgan fingerprint density at radius 3 is 2.21 bits per heavy atom. The number of carbonyl (C=O) groups is 2. The molecule has 0 spiro atoms. The van der Waals surface area contributed by atoms with Gasteiger partial charge in [-0.1, -0.05) is 52.3 Å². The van der Waals surface area contributed by atoms with Crippen LogP contribution in [0.25, 0.3) is 0 Å². The lowest BCUT2D eigenvalue weighted by Crippen LogP contribution is -2.51. The number of hydrogen-bond donors (Lipinski definition) is 1. The molecule has 12 heteroatoms. The first-order valence-corrected chi connectivity index (χ1v) is 14.1. The van der Waals surface area contributed by atoms with Gasteiger partial charge >= 0.3 is 6.18 Å². The third-order valence-electron chi connectivity index (χ3n) is 5.86. The van der Waals surface area contributed by atoms with E-state index in [1.165, 1.54) is 42.2 Å². The summed E-state index contributed by atoms with van der Waals surface area (Å²) in [6.45, 7) is 2.66. The molecule has 2 amide bonds. The summed E-state index contributed by atoms with van der Waals surface area (Å²) in [5.74, 6) is -1.23. The van der Waals surface area contributed by atoms with E-state index >= 15 is 0 Å². The maximum Gasteiger partial charge on any atom is 0.416 e. The van der Waals surface area contributed by atoms with Gasteiger partial charge in [-0.15, -0.1) is 0 Å². The number of hydrogen-bond acceptors (Lipinski definition) is 4. The van der Waals surface area contributed by atoms with Crippen LogP contribution in [-0.4, -0.2) is 44.3 Å². The fraction of sp³-hybridized carbons (Fsp3) is 0.259. The number of alkyl halides is 3. The topological polar surface area (TPSA) is 86.8 Å². The zero-order valence-corrected chi connectivity index (χ0v) is 23.6. The molecule has 39 heavy (non-hydrogen) atoms. The second-order valence-electron chi connectivity index (χ2n) is 8.59. The van der Waals surface area contributed by atoms with E-state index in [0.717, 1.165) is 16.6 Å². The zero-order valence-electron chi connectivity index (χ0n) is 21.2. The summed E-state index contributed by atoms with van der Waals surface area (Å²) in [4.78, 5) is 27.4. The van der Waals surface area contributed by atoms with Crippen molar-refractivity contribution in [2.45, 2.75) is 37.5 Å². The SMILES string of the molecule is CCNC(=O)[C@@H](C)N(Cc1ccc(Br)cc1)C(=O)CN(c1cccc(C(F)(F)F)c1)S(=O)(=O)c1ccccc1. The molecule has 0 unspecified atom stereocenters. The van der Waals surface area contributed by atoms with E-state index in [9.17, 15) is 31.2 Å². The minimum absolute atomic E-state index is 0.0355. The minimum Gasteiger partial charge on any atom is -0.355 e. The molecule has 7 nitrogen and oxygen atoms in total. The van der Waals surface area contributed by atoms with E-state index in [-0.39, 0.29) is 17.1 Å². The molecule has 0 bridgehead atoms. The quantitative estimate of drug-likeness (QED) is 0.335. The monoisotopic (exact) mass is 625 g/mol. The van der Waals surface area contributed by atoms with E-state index in [0.29, 0.717) is 22.5 Å². The fourth-order valence-corrected chi connectivity index (χ4v) is 5.47. The van der Waals surface area contributed by atoms with Crippen LogP contribution in [-0.2, 0) is 32.3 Å². The van der Waals surface area contributed by atoms with Crippen LogP contribution < -0.4 is 9.62 Å². The highest BCUT2D eigenvalue weighted by molar-refractivity contribution is 9.10. The molecule has 0 saturated carbocycles. The molecule has 0 aliphatic carbocycles. The normalized spacial score (nSPS) is 12.5. The molecule has 0 aliphatic heterocycles. The Hall–Kier alpha value is -3.38. The molecule has 0 saturated heterocycles. The van der Waals surface area contributed by atoms with Crippen molar-refractivity contribution in [2.75, 3.05) is 17.4 Å². The number of nitrogens with one attached hydrogen (secondary N) is 1. The molecule has 3 aromatic carbocycles. The van der Waals surface area contributed by atoms with Gasteiger partial charge < -0.3 is 10.2 Å². The number of likely N-dealkylation sites (N-methyl/N-ethyl adjacent to an activating group) is 1. The van der Waals surface area contributed by atoms with Crippen molar-refractivity contribution >= 4 is 43.5 Å². The smallest absolute Gasteiger partial charge is 0.355 e. The van der Waals surface area contributed by atoms with Crippen LogP contribution in [0.2, 0.25) is 0 Å². The van der Waals surface area contributed by atoms with Crippen molar-refractivity contribution in [3.63, 3.8) is 0 Å². The second-order valence-corrected chi connectivity index (χ2v) is 11.4. The Morgan fingerprint density at radius 2 is 1.62 bits per heavy atom. The van der Waals surface area contributed by atoms with Gasteiger partial charge in [-0.2, -0.15) is 13.2 Å². The summed E-state index contributed by atoms with van der Waals surface area (Å²) in [5, 5.41) is 2.64. The number of amides is 2. The molecule has 0 aromatic heterocycles. The Bertz CT molecular complexity index is 1400. The summed E-state index contributed by atoms with van der Waals surface area (Å²) < 4.78 is 69.2. The molecule has 1 N–H and O–H groups in total. The number of halogens is 4. The van der Waals surface area contributed by atoms with Crippen LogP contribution in [0.5, 0.6) is 0 Å². The predicted molar refractivity (Wildman–Crippen MR) is 145 cm³/mol. The highest BCUT2D eigenvalue weighted by atomic mass is 79.9. The molecule has 0 radical (unpaired) electrons. The van der Waals surface area contributed by atoms with E-state index in [4.69, 9.17) is 0 Å². The molecular formula is C27H27BrF3N3O4S. The van der Waals surface area contributed by atoms with Gasteiger partial charge in [0, 0.05) is 17.6 Å². The number of rotatable bonds is 10. The van der Waals surface area contributed by atoms with E-state index < -0.39 is 46.2 Å². The number of nitrogens with zero attached hydrogens (tertiary/aromatic N) is 2. The summed E-state index contributed by atoms with van der Waals surface area (Å²) in [5.41, 5.74) is -0.737. The van der Waals surface area contributed by atoms with Gasteiger partial charge in [0.15, 0.2) is 0 Å². The first-order chi connectivity index (χ1) is 18.3. The van der Waals surface area contributed by atoms with Gasteiger partial charge in [-0.25, -0.2) is 8.42 Å². The van der Waals surface area contributed by atoms with Gasteiger partial charge in [0.25, 0.3) is 10.0 Å². The van der Waals surface area contributed by atoms with Crippen LogP contribution in [0.15, 0.2) is 88.2 Å². The maximum atomic E-state index is 13.7. The molecule has 0 heterocycles. The largest absolute Gasteiger partial charge is 0.416 e. The van der Waals surface area contributed by atoms with Crippen molar-refractivity contribution in [1.29, 1.82) is 0 Å². The van der Waals surface area contributed by atoms with Crippen LogP contribution in [0.1, 0.15) is 25.0 Å². The van der Waals surface area contributed by atoms with Crippen LogP contribution in [0.4, 0.5) is 18.9 Å². The molecule has 0 aliphatic rings. The lowest BCUT2D eigenvalue weighted by molar-refractivity contribution is -0.139. The fourth-order valence-electron chi connectivity index (χ4n) is 3.78. The van der Waals surface area contributed by atoms with Gasteiger partial charge in [0.1, 0.15) is 12.6 Å². The Balaban J connectivity index is 2.07. The maximum absolute atomic E-state index is 13.7. The van der Waals surface area contributed by atoms with Crippen molar-refractivity contribution < 1.29 is 31.2 Å². The number of sulfonamides is 1. The summed E-state index contributed by atoms with van der Waals surface area (Å²) in [6.07, 6.45) is -4.73. The molecule has 3 aromatic rings. The van der Waals surface area contributed by atoms with E-state index in [1.54, 1.807) is 37.3 Å². The van der Waals surface area contributed by atoms with Gasteiger partial charge in [-0.05, 0) is 61.9 Å². The van der Waals surface area contributed by atoms with Crippen molar-refractivity contribution in [2.24, 2.45) is 0 Å². The number of carbonyl (C=O) groups excluding carboxylic acids is 2. The average Bonchev–Trinajstić information content (AvgIpc) is 2.91. The lowest BCUT2D eigenvalue weighted by atomic mass is 10.1. The first kappa shape index (κ1) is 30.2. The van der Waals surface area contributed by atoms with Crippen LogP contribution >= 0.6 is 15.9 Å². The minimum atomic E-state index is -4.73. The van der Waals surface area contributed by atoms with Crippen LogP contribution in [0.3, 0.4) is 0 Å². The Labute approximate surface area is 233 Å². The molecule has 3 rings (SSSR count). The molecular weight excluding hydrogens is 599 g/mol. The predicted octanol–water partition coefficient (Wildman–Crippen LogP) is 5.22. The van der Waals surface area contributed by atoms with E-state index in [1.807, 2.05) is 0 Å². The Morgan fingerprint density at radius 1 is 0.974 bits per heavy atom. The van der Waals surface area contributed by atoms with Gasteiger partial charge in [-0.3, -0.25) is 13.9 Å². The third-order valence-corrected chi connectivity index (χ3v) is 8.17. The standard InChI is InChI=1S/C27H27BrF3N3O4S/c1-3-32-26(36)19(2)33(17-20-12-14-22(28)15-13-20)25(35)18-34(39(37,38)24-10-5-4-6-11-24)23-9-7-8-21(16-23)27(29,30)31/h4-16,19H,3,17-18H2,1-2H3,(H,32,36)/t19-/m1/s1. The lowest BCUT2D eigenvalue weighted by Gasteiger charge is -2.32. The number of benzene rings is 3. The van der Waals surface area contributed by atoms with Crippen molar-refractivity contribution in [1.82, 2.24) is 10.2 Å². The van der Waals surface area contributed by atoms with E-state index in [2.05, 4.69) is 21.2 Å². The molecule has 1 atom stereocenters. The van der Waals surface area contributed by atoms with Crippen LogP contribution in [0, 0.1) is 0 Å². The van der Waals surface area contributed by atoms with Gasteiger partial charge in [0.05, 0.1) is 16.1 Å². The summed E-state index contributed by atoms with van der Waals surface area (Å²) in [6, 6.07) is 16.8. The molecule has 208 valence electrons. The second kappa shape index (κ2) is 12.6. The Kier molecular flexibility index (Phi) is 9.78. The zero-order chi connectivity index (χ0) is 28.8. The van der Waals surface area contributed by atoms with Gasteiger partial charge in [0.2, 0.25) is 11.8 Å². The average molecular weight is 626 g/mol. The highest BCUT2D eigenvalue weighted by Gasteiger charge is 2.35. The third kappa shape index (κ3) is 7.60.